The summed E-state index contributed by atoms with van der Waals surface area (Å²) >= 11 is 16.7. The van der Waals surface area contributed by atoms with Crippen LogP contribution in [0.1, 0.15) is 27.7 Å². The molecule has 30 heavy (non-hydrogen) atoms. The maximum absolute atomic E-state index is 11.6. The Hall–Kier alpha value is -2.11. The minimum Gasteiger partial charge on any atom is -0.467 e. The number of ether oxygens (including phenoxy) is 5. The Morgan fingerprint density at radius 2 is 1.30 bits per heavy atom. The van der Waals surface area contributed by atoms with Crippen LogP contribution in [0, 0.1) is 5.41 Å². The number of halogens is 3. The average Bonchev–Trinajstić information content (AvgIpc) is 2.57. The third-order valence-electron chi connectivity index (χ3n) is 3.03. The summed E-state index contributed by atoms with van der Waals surface area (Å²) in [6.45, 7) is 3.30. The fourth-order valence-corrected chi connectivity index (χ4v) is 2.17. The molecule has 0 rings (SSSR count). The standard InChI is InChI=1S/C16H20Cl3NO10/c1-7(22)26-6-12(30-15(20)16(17,18)19)14(29-10(4)25)13(28-9(3)24)11(5-21)27-8(2)23/h5,11-14,20H,6H2,1-4H3/t11-,12-,13-,14-/m1/s1. The second kappa shape index (κ2) is 12.6. The van der Waals surface area contributed by atoms with Crippen molar-refractivity contribution in [2.24, 2.45) is 0 Å². The van der Waals surface area contributed by atoms with E-state index in [0.29, 0.717) is 0 Å². The van der Waals surface area contributed by atoms with Crippen molar-refractivity contribution in [3.63, 3.8) is 0 Å². The van der Waals surface area contributed by atoms with Gasteiger partial charge in [-0.3, -0.25) is 29.4 Å². The maximum Gasteiger partial charge on any atom is 0.303 e. The summed E-state index contributed by atoms with van der Waals surface area (Å²) in [5.74, 6) is -4.56. The molecule has 0 heterocycles. The minimum atomic E-state index is -2.36. The molecule has 14 heteroatoms. The van der Waals surface area contributed by atoms with Crippen LogP contribution in [-0.4, -0.2) is 70.9 Å². The molecule has 0 saturated heterocycles. The normalized spacial score (nSPS) is 14.9. The van der Waals surface area contributed by atoms with Crippen LogP contribution in [0.2, 0.25) is 0 Å². The Kier molecular flexibility index (Phi) is 11.7. The van der Waals surface area contributed by atoms with E-state index >= 15 is 0 Å². The van der Waals surface area contributed by atoms with Crippen LogP contribution in [0.15, 0.2) is 0 Å². The van der Waals surface area contributed by atoms with E-state index in [-0.39, 0.29) is 6.29 Å². The largest absolute Gasteiger partial charge is 0.467 e. The van der Waals surface area contributed by atoms with E-state index in [2.05, 4.69) is 0 Å². The fraction of sp³-hybridized carbons (Fsp3) is 0.625. The Balaban J connectivity index is 6.26. The van der Waals surface area contributed by atoms with Crippen molar-refractivity contribution in [1.82, 2.24) is 0 Å². The van der Waals surface area contributed by atoms with E-state index in [1.165, 1.54) is 0 Å². The summed E-state index contributed by atoms with van der Waals surface area (Å²) in [6.07, 6.45) is -6.72. The van der Waals surface area contributed by atoms with Crippen molar-refractivity contribution in [3.8, 4) is 0 Å². The highest BCUT2D eigenvalue weighted by Gasteiger charge is 2.45. The van der Waals surface area contributed by atoms with Crippen molar-refractivity contribution in [2.45, 2.75) is 55.9 Å². The molecule has 0 aromatic rings. The van der Waals surface area contributed by atoms with E-state index in [9.17, 15) is 24.0 Å². The monoisotopic (exact) mass is 491 g/mol. The Morgan fingerprint density at radius 3 is 1.67 bits per heavy atom. The lowest BCUT2D eigenvalue weighted by Crippen LogP contribution is -2.54. The van der Waals surface area contributed by atoms with Gasteiger partial charge in [0.05, 0.1) is 0 Å². The number of carbonyl (C=O) groups excluding carboxylic acids is 5. The summed E-state index contributed by atoms with van der Waals surface area (Å²) in [5.41, 5.74) is 0. The summed E-state index contributed by atoms with van der Waals surface area (Å²) < 4.78 is 22.5. The first-order valence-corrected chi connectivity index (χ1v) is 9.25. The zero-order chi connectivity index (χ0) is 23.6. The quantitative estimate of drug-likeness (QED) is 0.118. The topological polar surface area (TPSA) is 155 Å². The first-order chi connectivity index (χ1) is 13.7. The molecule has 0 aliphatic heterocycles. The molecule has 11 nitrogen and oxygen atoms in total. The number of hydrogen-bond acceptors (Lipinski definition) is 11. The molecule has 0 radical (unpaired) electrons. The number of aldehydes is 1. The van der Waals surface area contributed by atoms with Crippen LogP contribution in [0.25, 0.3) is 0 Å². The lowest BCUT2D eigenvalue weighted by atomic mass is 10.0. The molecule has 1 N–H and O–H groups in total. The van der Waals surface area contributed by atoms with Gasteiger partial charge in [-0.15, -0.1) is 0 Å². The average molecular weight is 493 g/mol. The number of carbonyl (C=O) groups is 5. The van der Waals surface area contributed by atoms with Gasteiger partial charge < -0.3 is 23.7 Å². The molecule has 0 aliphatic rings. The lowest BCUT2D eigenvalue weighted by molar-refractivity contribution is -0.194. The summed E-state index contributed by atoms with van der Waals surface area (Å²) in [6, 6.07) is 0. The van der Waals surface area contributed by atoms with E-state index in [4.69, 9.17) is 63.9 Å². The Bertz CT molecular complexity index is 679. The van der Waals surface area contributed by atoms with Crippen LogP contribution >= 0.6 is 34.8 Å². The van der Waals surface area contributed by atoms with Crippen LogP contribution in [0.3, 0.4) is 0 Å². The summed E-state index contributed by atoms with van der Waals surface area (Å²) in [7, 11) is 0. The Labute approximate surface area is 186 Å². The van der Waals surface area contributed by atoms with Gasteiger partial charge in [0, 0.05) is 27.7 Å². The van der Waals surface area contributed by atoms with Gasteiger partial charge in [0.2, 0.25) is 5.90 Å². The molecule has 0 spiro atoms. The van der Waals surface area contributed by atoms with E-state index in [0.717, 1.165) is 27.7 Å². The van der Waals surface area contributed by atoms with Crippen molar-refractivity contribution < 1.29 is 47.7 Å². The zero-order valence-corrected chi connectivity index (χ0v) is 18.6. The molecule has 0 aromatic heterocycles. The fourth-order valence-electron chi connectivity index (χ4n) is 2.04. The molecule has 0 amide bonds. The third kappa shape index (κ3) is 10.6. The van der Waals surface area contributed by atoms with Gasteiger partial charge >= 0.3 is 23.9 Å². The van der Waals surface area contributed by atoms with Crippen molar-refractivity contribution in [1.29, 1.82) is 5.41 Å². The highest BCUT2D eigenvalue weighted by Crippen LogP contribution is 2.29. The van der Waals surface area contributed by atoms with Gasteiger partial charge in [0.15, 0.2) is 30.7 Å². The minimum absolute atomic E-state index is 0.120. The van der Waals surface area contributed by atoms with Gasteiger partial charge in [-0.2, -0.15) is 0 Å². The molecule has 0 fully saturated rings. The Morgan fingerprint density at radius 1 is 0.833 bits per heavy atom. The number of nitrogens with one attached hydrogen (secondary N) is 1. The number of rotatable bonds is 10. The smallest absolute Gasteiger partial charge is 0.303 e. The first kappa shape index (κ1) is 27.9. The molecule has 0 aliphatic carbocycles. The van der Waals surface area contributed by atoms with Crippen LogP contribution in [0.4, 0.5) is 0 Å². The van der Waals surface area contributed by atoms with Crippen molar-refractivity contribution >= 4 is 70.9 Å². The van der Waals surface area contributed by atoms with Crippen LogP contribution < -0.4 is 0 Å². The van der Waals surface area contributed by atoms with Gasteiger partial charge in [-0.05, 0) is 0 Å². The summed E-state index contributed by atoms with van der Waals surface area (Å²) in [5, 5.41) is 7.72. The molecular formula is C16H20Cl3NO10. The molecule has 170 valence electrons. The maximum atomic E-state index is 11.6. The highest BCUT2D eigenvalue weighted by molar-refractivity contribution is 6.76. The van der Waals surface area contributed by atoms with Crippen LogP contribution in [-0.2, 0) is 47.7 Å². The third-order valence-corrected chi connectivity index (χ3v) is 3.55. The van der Waals surface area contributed by atoms with E-state index in [1.54, 1.807) is 0 Å². The SMILES string of the molecule is CC(=O)OC[C@@H](OC(=N)C(Cl)(Cl)Cl)[C@@H](OC(C)=O)[C@H](OC(C)=O)[C@@H](C=O)OC(C)=O. The highest BCUT2D eigenvalue weighted by atomic mass is 35.6. The van der Waals surface area contributed by atoms with Crippen molar-refractivity contribution in [3.05, 3.63) is 0 Å². The molecule has 4 atom stereocenters. The number of alkyl halides is 3. The molecule has 0 bridgehead atoms. The lowest BCUT2D eigenvalue weighted by Gasteiger charge is -2.34. The number of hydrogen-bond donors (Lipinski definition) is 1. The molecule has 0 unspecified atom stereocenters. The van der Waals surface area contributed by atoms with Crippen LogP contribution in [0.5, 0.6) is 0 Å². The predicted molar refractivity (Wildman–Crippen MR) is 102 cm³/mol. The van der Waals surface area contributed by atoms with Gasteiger partial charge in [0.25, 0.3) is 3.79 Å². The molecular weight excluding hydrogens is 473 g/mol. The molecule has 0 saturated carbocycles. The van der Waals surface area contributed by atoms with Crippen molar-refractivity contribution in [2.75, 3.05) is 6.61 Å². The zero-order valence-electron chi connectivity index (χ0n) is 16.3. The first-order valence-electron chi connectivity index (χ1n) is 8.11. The predicted octanol–water partition coefficient (Wildman–Crippen LogP) is 1.28. The van der Waals surface area contributed by atoms with E-state index in [1.807, 2.05) is 0 Å². The molecule has 0 aromatic carbocycles. The second-order valence-corrected chi connectivity index (χ2v) is 7.93. The van der Waals surface area contributed by atoms with Gasteiger partial charge in [-0.25, -0.2) is 0 Å². The van der Waals surface area contributed by atoms with E-state index < -0.39 is 64.6 Å². The second-order valence-electron chi connectivity index (χ2n) is 5.64. The summed E-state index contributed by atoms with van der Waals surface area (Å²) in [4.78, 5) is 57.3. The number of esters is 4. The van der Waals surface area contributed by atoms with Gasteiger partial charge in [0.1, 0.15) is 6.61 Å². The van der Waals surface area contributed by atoms with Gasteiger partial charge in [-0.1, -0.05) is 34.8 Å².